The van der Waals surface area contributed by atoms with Crippen molar-refractivity contribution in [3.05, 3.63) is 144 Å². The molecule has 5 nitrogen and oxygen atoms in total. The van der Waals surface area contributed by atoms with Crippen LogP contribution in [-0.2, 0) is 11.3 Å². The number of allylic oxidation sites excluding steroid dienone is 2. The van der Waals surface area contributed by atoms with E-state index in [1.165, 1.54) is 0 Å². The molecule has 1 unspecified atom stereocenters. The average Bonchev–Trinajstić information content (AvgIpc) is 2.92. The predicted molar refractivity (Wildman–Crippen MR) is 141 cm³/mol. The summed E-state index contributed by atoms with van der Waals surface area (Å²) in [5.74, 6) is 0.864. The first-order chi connectivity index (χ1) is 17.5. The van der Waals surface area contributed by atoms with Gasteiger partial charge in [-0.15, -0.1) is 0 Å². The van der Waals surface area contributed by atoms with E-state index < -0.39 is 0 Å². The van der Waals surface area contributed by atoms with Gasteiger partial charge in [0.05, 0.1) is 15.5 Å². The fourth-order valence-corrected chi connectivity index (χ4v) is 4.38. The van der Waals surface area contributed by atoms with Crippen molar-refractivity contribution in [2.45, 2.75) is 6.54 Å². The average molecular weight is 497 g/mol. The minimum Gasteiger partial charge on any atom is -0.457 e. The molecule has 0 amide bonds. The molecule has 3 aromatic carbocycles. The fraction of sp³-hybridized carbons (Fsp3) is 0.100. The van der Waals surface area contributed by atoms with Gasteiger partial charge in [-0.05, 0) is 35.9 Å². The molecule has 36 heavy (non-hydrogen) atoms. The Kier molecular flexibility index (Phi) is 6.76. The second kappa shape index (κ2) is 10.3. The highest BCUT2D eigenvalue weighted by Crippen LogP contribution is 2.35. The molecule has 0 spiro atoms. The molecule has 4 aromatic rings. The number of ether oxygens (including phenoxy) is 1. The third-order valence-corrected chi connectivity index (χ3v) is 6.36. The van der Waals surface area contributed by atoms with Crippen LogP contribution in [0.2, 0.25) is 5.02 Å². The van der Waals surface area contributed by atoms with Gasteiger partial charge in [0.1, 0.15) is 18.1 Å². The van der Waals surface area contributed by atoms with Crippen LogP contribution in [0.4, 0.5) is 0 Å². The second-order valence-corrected chi connectivity index (χ2v) is 8.88. The molecule has 1 aromatic heterocycles. The molecule has 1 aliphatic rings. The van der Waals surface area contributed by atoms with Gasteiger partial charge in [0.25, 0.3) is 0 Å². The van der Waals surface area contributed by atoms with E-state index in [1.54, 1.807) is 42.7 Å². The van der Waals surface area contributed by atoms with Gasteiger partial charge in [0.2, 0.25) is 10.9 Å². The molecular weight excluding hydrogens is 474 g/mol. The lowest BCUT2D eigenvalue weighted by Crippen LogP contribution is -2.64. The number of aliphatic hydroxyl groups excluding tert-OH is 1. The van der Waals surface area contributed by atoms with Gasteiger partial charge in [-0.2, -0.15) is 0 Å². The third-order valence-electron chi connectivity index (χ3n) is 6.03. The summed E-state index contributed by atoms with van der Waals surface area (Å²) >= 11 is 6.43. The summed E-state index contributed by atoms with van der Waals surface area (Å²) in [5.41, 5.74) is 1.81. The van der Waals surface area contributed by atoms with Gasteiger partial charge in [-0.3, -0.25) is 9.59 Å². The van der Waals surface area contributed by atoms with Crippen LogP contribution >= 0.6 is 11.6 Å². The first kappa shape index (κ1) is 23.7. The van der Waals surface area contributed by atoms with Gasteiger partial charge in [-0.1, -0.05) is 60.1 Å². The van der Waals surface area contributed by atoms with Crippen LogP contribution in [0.25, 0.3) is 23.7 Å². The number of benzene rings is 2. The van der Waals surface area contributed by atoms with Crippen molar-refractivity contribution in [3.8, 4) is 0 Å². The summed E-state index contributed by atoms with van der Waals surface area (Å²) < 4.78 is 8.02. The predicted octanol–water partition coefficient (Wildman–Crippen LogP) is 2.55. The Morgan fingerprint density at radius 2 is 1.53 bits per heavy atom. The molecule has 1 aliphatic heterocycles. The van der Waals surface area contributed by atoms with E-state index in [-0.39, 0.29) is 33.8 Å². The van der Waals surface area contributed by atoms with E-state index in [4.69, 9.17) is 21.4 Å². The Bertz CT molecular complexity index is 1630. The number of pyridine rings is 1. The van der Waals surface area contributed by atoms with Crippen LogP contribution in [-0.4, -0.2) is 11.7 Å². The van der Waals surface area contributed by atoms with Gasteiger partial charge >= 0.3 is 0 Å². The monoisotopic (exact) mass is 496 g/mol. The van der Waals surface area contributed by atoms with Gasteiger partial charge in [0.15, 0.2) is 18.9 Å². The van der Waals surface area contributed by atoms with Crippen LogP contribution < -0.4 is 25.9 Å². The second-order valence-electron chi connectivity index (χ2n) is 8.48. The zero-order valence-corrected chi connectivity index (χ0v) is 20.1. The molecule has 0 fully saturated rings. The van der Waals surface area contributed by atoms with Crippen LogP contribution in [0.5, 0.6) is 0 Å². The number of nitrogens with zero attached hydrogens (tertiary/aromatic N) is 1. The van der Waals surface area contributed by atoms with Gasteiger partial charge < -0.3 is 9.84 Å². The number of rotatable bonds is 6. The topological polar surface area (TPSA) is 67.5 Å². The molecule has 0 saturated carbocycles. The van der Waals surface area contributed by atoms with Crippen LogP contribution in [0.1, 0.15) is 16.7 Å². The first-order valence-electron chi connectivity index (χ1n) is 11.6. The summed E-state index contributed by atoms with van der Waals surface area (Å²) in [7, 11) is 0. The Balaban J connectivity index is 1.54. The molecule has 0 bridgehead atoms. The van der Waals surface area contributed by atoms with Crippen molar-refractivity contribution in [3.63, 3.8) is 0 Å². The maximum absolute atomic E-state index is 12.9. The lowest BCUT2D eigenvalue weighted by atomic mass is 9.97. The van der Waals surface area contributed by atoms with Crippen LogP contribution in [0.15, 0.2) is 101 Å². The number of aliphatic hydroxyl groups is 1. The fourth-order valence-electron chi connectivity index (χ4n) is 4.15. The minimum absolute atomic E-state index is 0.0372. The highest BCUT2D eigenvalue weighted by molar-refractivity contribution is 6.32. The normalized spacial score (nSPS) is 15.1. The molecule has 6 heteroatoms. The Labute approximate surface area is 212 Å². The molecule has 0 aliphatic carbocycles. The summed E-state index contributed by atoms with van der Waals surface area (Å²) in [5, 5.41) is 9.92. The SMILES string of the molecule is O=c1c(=Cc2cc[n+](CCO)cc2)c(=O)c1=CC1C=C(c2ccccc2)OC(c2ccccc2Cl)=C1. The minimum atomic E-state index is -0.334. The lowest BCUT2D eigenvalue weighted by Gasteiger charge is -2.21. The van der Waals surface area contributed by atoms with E-state index in [0.717, 1.165) is 16.7 Å². The number of aromatic nitrogens is 1. The largest absolute Gasteiger partial charge is 0.457 e. The van der Waals surface area contributed by atoms with Crippen molar-refractivity contribution in [1.29, 1.82) is 0 Å². The standard InChI is InChI=1S/C30H23ClNO4/c31-26-9-5-4-8-23(26)28-19-21(18-27(36-28)22-6-2-1-3-7-22)17-25-29(34)24(30(25)35)16-20-10-12-32(13-11-20)14-15-33/h1-13,16-19,21,33H,14-15H2/q+1. The number of hydrogen-bond acceptors (Lipinski definition) is 4. The Hall–Kier alpha value is -4.06. The molecule has 0 saturated heterocycles. The smallest absolute Gasteiger partial charge is 0.200 e. The highest BCUT2D eigenvalue weighted by atomic mass is 35.5. The summed E-state index contributed by atoms with van der Waals surface area (Å²) in [6.45, 7) is 0.518. The van der Waals surface area contributed by atoms with E-state index in [9.17, 15) is 9.59 Å². The molecule has 178 valence electrons. The van der Waals surface area contributed by atoms with Crippen molar-refractivity contribution in [2.24, 2.45) is 5.92 Å². The molecule has 5 rings (SSSR count). The van der Waals surface area contributed by atoms with E-state index in [1.807, 2.05) is 65.3 Å². The Morgan fingerprint density at radius 1 is 0.861 bits per heavy atom. The van der Waals surface area contributed by atoms with Crippen LogP contribution in [0.3, 0.4) is 0 Å². The molecular formula is C30H23ClNO4+. The van der Waals surface area contributed by atoms with E-state index in [2.05, 4.69) is 0 Å². The van der Waals surface area contributed by atoms with Gasteiger partial charge in [-0.25, -0.2) is 4.57 Å². The Morgan fingerprint density at radius 3 is 2.22 bits per heavy atom. The third kappa shape index (κ3) is 4.85. The molecule has 0 radical (unpaired) electrons. The molecule has 2 heterocycles. The van der Waals surface area contributed by atoms with Crippen molar-refractivity contribution in [1.82, 2.24) is 0 Å². The summed E-state index contributed by atoms with van der Waals surface area (Å²) in [6, 6.07) is 20.6. The maximum atomic E-state index is 12.9. The number of hydrogen-bond donors (Lipinski definition) is 1. The quantitative estimate of drug-likeness (QED) is 0.417. The van der Waals surface area contributed by atoms with E-state index >= 15 is 0 Å². The zero-order chi connectivity index (χ0) is 25.1. The van der Waals surface area contributed by atoms with Crippen molar-refractivity contribution >= 4 is 35.3 Å². The van der Waals surface area contributed by atoms with Crippen molar-refractivity contribution in [2.75, 3.05) is 6.61 Å². The summed E-state index contributed by atoms with van der Waals surface area (Å²) in [4.78, 5) is 25.8. The first-order valence-corrected chi connectivity index (χ1v) is 12.0. The molecule has 1 atom stereocenters. The highest BCUT2D eigenvalue weighted by Gasteiger charge is 2.20. The van der Waals surface area contributed by atoms with Crippen molar-refractivity contribution < 1.29 is 14.4 Å². The van der Waals surface area contributed by atoms with Gasteiger partial charge in [0, 0.05) is 29.2 Å². The zero-order valence-electron chi connectivity index (χ0n) is 19.3. The molecule has 1 N–H and O–H groups in total. The number of halogens is 1. The van der Waals surface area contributed by atoms with E-state index in [0.29, 0.717) is 23.1 Å². The maximum Gasteiger partial charge on any atom is 0.200 e. The van der Waals surface area contributed by atoms with Crippen LogP contribution in [0, 0.1) is 5.92 Å². The summed E-state index contributed by atoms with van der Waals surface area (Å²) in [6.07, 6.45) is 10.6. The lowest BCUT2D eigenvalue weighted by molar-refractivity contribution is -0.698.